The van der Waals surface area contributed by atoms with Gasteiger partial charge in [-0.05, 0) is 54.8 Å². The molecule has 0 radical (unpaired) electrons. The van der Waals surface area contributed by atoms with Gasteiger partial charge in [0, 0.05) is 16.9 Å². The van der Waals surface area contributed by atoms with Crippen LogP contribution in [0.3, 0.4) is 0 Å². The third-order valence-electron chi connectivity index (χ3n) is 3.09. The van der Waals surface area contributed by atoms with Crippen molar-refractivity contribution < 1.29 is 4.79 Å². The highest BCUT2D eigenvalue weighted by atomic mass is 16.1. The zero-order valence-electron chi connectivity index (χ0n) is 11.2. The van der Waals surface area contributed by atoms with Crippen LogP contribution in [0.1, 0.15) is 28.4 Å². The monoisotopic (exact) mass is 254 g/mol. The minimum Gasteiger partial charge on any atom is -0.399 e. The van der Waals surface area contributed by atoms with Gasteiger partial charge in [0.05, 0.1) is 0 Å². The molecule has 0 saturated carbocycles. The van der Waals surface area contributed by atoms with Crippen molar-refractivity contribution in [1.82, 2.24) is 0 Å². The van der Waals surface area contributed by atoms with Crippen LogP contribution in [0.4, 0.5) is 11.4 Å². The Bertz CT molecular complexity index is 605. The average molecular weight is 254 g/mol. The van der Waals surface area contributed by atoms with Crippen LogP contribution in [0, 0.1) is 6.92 Å². The Labute approximate surface area is 113 Å². The number of nitrogens with two attached hydrogens (primary N) is 1. The zero-order chi connectivity index (χ0) is 13.8. The van der Waals surface area contributed by atoms with Crippen LogP contribution >= 0.6 is 0 Å². The number of carbonyl (C=O) groups is 1. The molecule has 0 heterocycles. The fraction of sp³-hybridized carbons (Fsp3) is 0.188. The van der Waals surface area contributed by atoms with Crippen LogP contribution < -0.4 is 11.1 Å². The molecule has 0 aromatic heterocycles. The highest BCUT2D eigenvalue weighted by molar-refractivity contribution is 6.05. The van der Waals surface area contributed by atoms with Crippen LogP contribution in [-0.2, 0) is 6.42 Å². The predicted octanol–water partition coefficient (Wildman–Crippen LogP) is 3.39. The molecule has 0 fully saturated rings. The minimum atomic E-state index is -0.106. The number of aryl methyl sites for hydroxylation is 2. The van der Waals surface area contributed by atoms with Crippen molar-refractivity contribution in [2.45, 2.75) is 20.3 Å². The van der Waals surface area contributed by atoms with Crippen molar-refractivity contribution in [1.29, 1.82) is 0 Å². The molecule has 0 unspecified atom stereocenters. The number of nitrogens with one attached hydrogen (secondary N) is 1. The lowest BCUT2D eigenvalue weighted by atomic mass is 10.1. The lowest BCUT2D eigenvalue weighted by Crippen LogP contribution is -2.13. The predicted molar refractivity (Wildman–Crippen MR) is 79.4 cm³/mol. The van der Waals surface area contributed by atoms with Gasteiger partial charge in [-0.3, -0.25) is 4.79 Å². The third kappa shape index (κ3) is 3.13. The van der Waals surface area contributed by atoms with Crippen LogP contribution in [0.15, 0.2) is 42.5 Å². The summed E-state index contributed by atoms with van der Waals surface area (Å²) in [5, 5.41) is 2.91. The van der Waals surface area contributed by atoms with Crippen LogP contribution in [0.5, 0.6) is 0 Å². The molecule has 3 N–H and O–H groups in total. The van der Waals surface area contributed by atoms with Gasteiger partial charge in [0.2, 0.25) is 0 Å². The maximum atomic E-state index is 12.2. The quantitative estimate of drug-likeness (QED) is 0.825. The van der Waals surface area contributed by atoms with E-state index in [0.29, 0.717) is 11.3 Å². The first kappa shape index (κ1) is 13.1. The molecule has 0 aliphatic carbocycles. The molecule has 1 amide bonds. The van der Waals surface area contributed by atoms with Gasteiger partial charge in [-0.25, -0.2) is 0 Å². The molecule has 2 aromatic carbocycles. The van der Waals surface area contributed by atoms with E-state index in [1.165, 1.54) is 5.56 Å². The fourth-order valence-electron chi connectivity index (χ4n) is 2.01. The summed E-state index contributed by atoms with van der Waals surface area (Å²) in [6.45, 7) is 3.97. The van der Waals surface area contributed by atoms with Gasteiger partial charge in [0.1, 0.15) is 0 Å². The summed E-state index contributed by atoms with van der Waals surface area (Å²) in [6, 6.07) is 13.2. The molecule has 19 heavy (non-hydrogen) atoms. The minimum absolute atomic E-state index is 0.106. The summed E-state index contributed by atoms with van der Waals surface area (Å²) >= 11 is 0. The molecule has 3 heteroatoms. The maximum absolute atomic E-state index is 12.2. The second-order valence-electron chi connectivity index (χ2n) is 4.58. The van der Waals surface area contributed by atoms with Crippen molar-refractivity contribution >= 4 is 17.3 Å². The lowest BCUT2D eigenvalue weighted by Gasteiger charge is -2.09. The number of amides is 1. The van der Waals surface area contributed by atoms with Gasteiger partial charge in [-0.1, -0.05) is 19.1 Å². The maximum Gasteiger partial charge on any atom is 0.255 e. The van der Waals surface area contributed by atoms with Gasteiger partial charge >= 0.3 is 0 Å². The van der Waals surface area contributed by atoms with Gasteiger partial charge < -0.3 is 11.1 Å². The first-order valence-corrected chi connectivity index (χ1v) is 6.36. The molecule has 0 bridgehead atoms. The van der Waals surface area contributed by atoms with Crippen LogP contribution in [0.2, 0.25) is 0 Å². The Balaban J connectivity index is 2.20. The summed E-state index contributed by atoms with van der Waals surface area (Å²) in [5.41, 5.74) is 9.90. The molecular weight excluding hydrogens is 236 g/mol. The Morgan fingerprint density at radius 1 is 1.21 bits per heavy atom. The Hall–Kier alpha value is -2.29. The van der Waals surface area contributed by atoms with Crippen LogP contribution in [0.25, 0.3) is 0 Å². The molecule has 3 nitrogen and oxygen atoms in total. The normalized spacial score (nSPS) is 10.2. The third-order valence-corrected chi connectivity index (χ3v) is 3.09. The largest absolute Gasteiger partial charge is 0.399 e. The summed E-state index contributed by atoms with van der Waals surface area (Å²) < 4.78 is 0. The number of rotatable bonds is 3. The Morgan fingerprint density at radius 3 is 2.68 bits per heavy atom. The molecular formula is C16H18N2O. The van der Waals surface area contributed by atoms with E-state index >= 15 is 0 Å². The molecule has 0 spiro atoms. The van der Waals surface area contributed by atoms with Gasteiger partial charge in [0.25, 0.3) is 5.91 Å². The fourth-order valence-corrected chi connectivity index (χ4v) is 2.01. The van der Waals surface area contributed by atoms with Crippen LogP contribution in [-0.4, -0.2) is 5.91 Å². The summed E-state index contributed by atoms with van der Waals surface area (Å²) in [7, 11) is 0. The highest BCUT2D eigenvalue weighted by Crippen LogP contribution is 2.16. The first-order valence-electron chi connectivity index (χ1n) is 6.36. The van der Waals surface area contributed by atoms with E-state index < -0.39 is 0 Å². The number of nitrogen functional groups attached to an aromatic ring is 1. The molecule has 2 rings (SSSR count). The zero-order valence-corrected chi connectivity index (χ0v) is 11.2. The second kappa shape index (κ2) is 5.57. The van der Waals surface area contributed by atoms with Gasteiger partial charge in [0.15, 0.2) is 0 Å². The Morgan fingerprint density at radius 2 is 2.00 bits per heavy atom. The molecule has 2 aromatic rings. The SMILES string of the molecule is CCc1cccc(NC(=O)c2ccc(N)cc2C)c1. The van der Waals surface area contributed by atoms with E-state index in [-0.39, 0.29) is 5.91 Å². The lowest BCUT2D eigenvalue weighted by molar-refractivity contribution is 0.102. The number of carbonyl (C=O) groups excluding carboxylic acids is 1. The second-order valence-corrected chi connectivity index (χ2v) is 4.58. The summed E-state index contributed by atoms with van der Waals surface area (Å²) in [5.74, 6) is -0.106. The van der Waals surface area contributed by atoms with E-state index in [1.807, 2.05) is 31.2 Å². The van der Waals surface area contributed by atoms with E-state index in [4.69, 9.17) is 5.73 Å². The molecule has 98 valence electrons. The Kier molecular flexibility index (Phi) is 3.85. The van der Waals surface area contributed by atoms with Crippen molar-refractivity contribution in [3.63, 3.8) is 0 Å². The smallest absolute Gasteiger partial charge is 0.255 e. The van der Waals surface area contributed by atoms with Gasteiger partial charge in [-0.2, -0.15) is 0 Å². The van der Waals surface area contributed by atoms with Gasteiger partial charge in [-0.15, -0.1) is 0 Å². The van der Waals surface area contributed by atoms with Crippen molar-refractivity contribution in [3.8, 4) is 0 Å². The van der Waals surface area contributed by atoms with E-state index in [2.05, 4.69) is 12.2 Å². The topological polar surface area (TPSA) is 55.1 Å². The number of hydrogen-bond acceptors (Lipinski definition) is 2. The van der Waals surface area contributed by atoms with E-state index in [0.717, 1.165) is 17.7 Å². The van der Waals surface area contributed by atoms with Crippen molar-refractivity contribution in [2.75, 3.05) is 11.1 Å². The first-order chi connectivity index (χ1) is 9.10. The molecule has 0 atom stereocenters. The number of hydrogen-bond donors (Lipinski definition) is 2. The molecule has 0 saturated heterocycles. The summed E-state index contributed by atoms with van der Waals surface area (Å²) in [6.07, 6.45) is 0.949. The number of anilines is 2. The standard InChI is InChI=1S/C16H18N2O/c1-3-12-5-4-6-14(10-12)18-16(19)15-8-7-13(17)9-11(15)2/h4-10H,3,17H2,1-2H3,(H,18,19). The average Bonchev–Trinajstić information content (AvgIpc) is 2.38. The van der Waals surface area contributed by atoms with E-state index in [1.54, 1.807) is 18.2 Å². The van der Waals surface area contributed by atoms with Crippen molar-refractivity contribution in [2.24, 2.45) is 0 Å². The summed E-state index contributed by atoms with van der Waals surface area (Å²) in [4.78, 5) is 12.2. The highest BCUT2D eigenvalue weighted by Gasteiger charge is 2.09. The molecule has 0 aliphatic heterocycles. The van der Waals surface area contributed by atoms with Crippen molar-refractivity contribution in [3.05, 3.63) is 59.2 Å². The number of benzene rings is 2. The molecule has 0 aliphatic rings. The van der Waals surface area contributed by atoms with E-state index in [9.17, 15) is 4.79 Å².